The Kier molecular flexibility index (Phi) is 3.15. The van der Waals surface area contributed by atoms with Gasteiger partial charge in [-0.15, -0.1) is 0 Å². The van der Waals surface area contributed by atoms with Crippen LogP contribution in [-0.4, -0.2) is 38.7 Å². The normalized spacial score (nSPS) is 23.3. The molecule has 1 saturated heterocycles. The molecule has 0 spiro atoms. The van der Waals surface area contributed by atoms with Crippen LogP contribution in [0.1, 0.15) is 12.5 Å². The molecule has 2 aromatic heterocycles. The number of aromatic nitrogens is 3. The number of amides is 1. The van der Waals surface area contributed by atoms with Crippen LogP contribution in [0.4, 0.5) is 0 Å². The molecule has 4 heterocycles. The Morgan fingerprint density at radius 3 is 3.04 bits per heavy atom. The Hall–Kier alpha value is -3.01. The van der Waals surface area contributed by atoms with Crippen LogP contribution in [0, 0.1) is 17.2 Å². The van der Waals surface area contributed by atoms with E-state index < -0.39 is 11.8 Å². The lowest BCUT2D eigenvalue weighted by atomic mass is 10.0. The number of rotatable bonds is 2. The van der Waals surface area contributed by atoms with Gasteiger partial charge in [0.05, 0.1) is 29.4 Å². The number of fused-ring (bicyclic) bond motifs is 1. The Morgan fingerprint density at radius 1 is 1.35 bits per heavy atom. The van der Waals surface area contributed by atoms with Gasteiger partial charge >= 0.3 is 0 Å². The molecule has 114 valence electrons. The number of hydrogen-bond acceptors (Lipinski definition) is 5. The van der Waals surface area contributed by atoms with E-state index in [1.54, 1.807) is 18.6 Å². The highest BCUT2D eigenvalue weighted by molar-refractivity contribution is 5.92. The van der Waals surface area contributed by atoms with Crippen LogP contribution in [0.5, 0.6) is 0 Å². The molecule has 4 rings (SSSR count). The van der Waals surface area contributed by atoms with Crippen molar-refractivity contribution in [2.24, 2.45) is 10.9 Å². The highest BCUT2D eigenvalue weighted by Gasteiger charge is 2.34. The van der Waals surface area contributed by atoms with Crippen LogP contribution in [-0.2, 0) is 4.79 Å². The molecule has 2 aliphatic rings. The Bertz CT molecular complexity index is 911. The molecule has 0 saturated carbocycles. The van der Waals surface area contributed by atoms with Crippen LogP contribution in [0.3, 0.4) is 0 Å². The van der Waals surface area contributed by atoms with E-state index in [2.05, 4.69) is 26.0 Å². The van der Waals surface area contributed by atoms with Crippen molar-refractivity contribution in [1.82, 2.24) is 19.7 Å². The molecule has 7 nitrogen and oxygen atoms in total. The first-order chi connectivity index (χ1) is 11.3. The number of nitrogens with zero attached hydrogens (tertiary/aromatic N) is 6. The van der Waals surface area contributed by atoms with Gasteiger partial charge < -0.3 is 4.90 Å². The molecule has 0 aliphatic carbocycles. The van der Waals surface area contributed by atoms with Crippen LogP contribution in [0.25, 0.3) is 5.70 Å². The lowest BCUT2D eigenvalue weighted by molar-refractivity contribution is -0.119. The fourth-order valence-corrected chi connectivity index (χ4v) is 3.29. The number of carbonyl (C=O) groups excluding carboxylic acids is 1. The van der Waals surface area contributed by atoms with E-state index in [4.69, 9.17) is 0 Å². The van der Waals surface area contributed by atoms with Crippen molar-refractivity contribution in [1.29, 1.82) is 5.26 Å². The van der Waals surface area contributed by atoms with Gasteiger partial charge in [-0.2, -0.15) is 10.4 Å². The molecular weight excluding hydrogens is 292 g/mol. The predicted molar refractivity (Wildman–Crippen MR) is 80.0 cm³/mol. The molecule has 2 aromatic rings. The lowest BCUT2D eigenvalue weighted by Crippen LogP contribution is -2.43. The molecule has 0 N–H and O–H groups in total. The fraction of sp³-hybridized carbons (Fsp3) is 0.312. The molecule has 1 fully saturated rings. The maximum absolute atomic E-state index is 12.2. The summed E-state index contributed by atoms with van der Waals surface area (Å²) in [6.45, 7) is 1.51. The summed E-state index contributed by atoms with van der Waals surface area (Å²) in [5, 5.41) is 15.1. The Morgan fingerprint density at radius 2 is 2.26 bits per heavy atom. The standard InChI is InChI=1S/C16H14N6O/c17-8-13-15(12-2-5-18-9-14(12)20-16(13)23)21-7-3-11(10-21)22-6-1-4-19-22/h1-2,4-6,9,11,13H,3,7,10H2/t11-,13?/m1/s1. The lowest BCUT2D eigenvalue weighted by Gasteiger charge is -2.26. The maximum atomic E-state index is 12.2. The number of pyridine rings is 1. The minimum Gasteiger partial charge on any atom is -0.371 e. The van der Waals surface area contributed by atoms with Crippen molar-refractivity contribution >= 4 is 11.6 Å². The second kappa shape index (κ2) is 5.32. The van der Waals surface area contributed by atoms with Gasteiger partial charge in [0, 0.05) is 36.9 Å². The summed E-state index contributed by atoms with van der Waals surface area (Å²) in [5.41, 5.74) is 0.750. The van der Waals surface area contributed by atoms with E-state index in [1.807, 2.05) is 23.0 Å². The highest BCUT2D eigenvalue weighted by atomic mass is 16.1. The third kappa shape index (κ3) is 2.19. The first kappa shape index (κ1) is 13.6. The van der Waals surface area contributed by atoms with Crippen LogP contribution in [0.15, 0.2) is 41.9 Å². The largest absolute Gasteiger partial charge is 0.371 e. The summed E-state index contributed by atoms with van der Waals surface area (Å²) >= 11 is 0. The monoisotopic (exact) mass is 306 g/mol. The smallest absolute Gasteiger partial charge is 0.269 e. The van der Waals surface area contributed by atoms with E-state index in [1.165, 1.54) is 0 Å². The Labute approximate surface area is 132 Å². The minimum atomic E-state index is -0.846. The molecule has 1 unspecified atom stereocenters. The number of likely N-dealkylation sites (tertiary alicyclic amines) is 1. The van der Waals surface area contributed by atoms with Gasteiger partial charge in [0.2, 0.25) is 0 Å². The predicted octanol–water partition coefficient (Wildman–Crippen LogP) is -0.367. The maximum Gasteiger partial charge on any atom is 0.269 e. The first-order valence-corrected chi connectivity index (χ1v) is 7.48. The van der Waals surface area contributed by atoms with E-state index in [0.717, 1.165) is 30.4 Å². The van der Waals surface area contributed by atoms with E-state index >= 15 is 0 Å². The Balaban J connectivity index is 1.79. The summed E-state index contributed by atoms with van der Waals surface area (Å²) in [4.78, 5) is 22.3. The topological polar surface area (TPSA) is 87.2 Å². The van der Waals surface area contributed by atoms with Crippen LogP contribution in [0.2, 0.25) is 0 Å². The van der Waals surface area contributed by atoms with Crippen LogP contribution >= 0.6 is 0 Å². The van der Waals surface area contributed by atoms with Gasteiger partial charge in [-0.1, -0.05) is 0 Å². The molecule has 2 aliphatic heterocycles. The van der Waals surface area contributed by atoms with Crippen molar-refractivity contribution in [3.63, 3.8) is 0 Å². The van der Waals surface area contributed by atoms with Crippen molar-refractivity contribution in [2.75, 3.05) is 13.1 Å². The zero-order valence-corrected chi connectivity index (χ0v) is 12.3. The quantitative estimate of drug-likeness (QED) is 0.755. The van der Waals surface area contributed by atoms with Gasteiger partial charge in [-0.25, -0.2) is 4.99 Å². The molecule has 0 bridgehead atoms. The van der Waals surface area contributed by atoms with Crippen molar-refractivity contribution in [3.05, 3.63) is 47.5 Å². The van der Waals surface area contributed by atoms with Gasteiger partial charge in [-0.05, 0) is 18.6 Å². The summed E-state index contributed by atoms with van der Waals surface area (Å²) in [6.07, 6.45) is 7.87. The molecule has 0 aromatic carbocycles. The molecule has 2 atom stereocenters. The van der Waals surface area contributed by atoms with E-state index in [-0.39, 0.29) is 6.04 Å². The number of carbonyl (C=O) groups is 1. The zero-order valence-electron chi connectivity index (χ0n) is 12.3. The van der Waals surface area contributed by atoms with Gasteiger partial charge in [0.25, 0.3) is 5.91 Å². The molecular formula is C16H14N6O. The third-order valence-electron chi connectivity index (χ3n) is 4.36. The molecule has 0 radical (unpaired) electrons. The second-order valence-corrected chi connectivity index (χ2v) is 5.66. The summed E-state index contributed by atoms with van der Waals surface area (Å²) in [6, 6.07) is 6.08. The van der Waals surface area contributed by atoms with Gasteiger partial charge in [-0.3, -0.25) is 14.5 Å². The van der Waals surface area contributed by atoms with Crippen molar-refractivity contribution < 1.29 is 4.79 Å². The van der Waals surface area contributed by atoms with E-state index in [0.29, 0.717) is 5.36 Å². The fourth-order valence-electron chi connectivity index (χ4n) is 3.29. The summed E-state index contributed by atoms with van der Waals surface area (Å²) in [5.74, 6) is -1.26. The summed E-state index contributed by atoms with van der Waals surface area (Å²) in [7, 11) is 0. The van der Waals surface area contributed by atoms with Crippen LogP contribution < -0.4 is 10.6 Å². The van der Waals surface area contributed by atoms with E-state index in [9.17, 15) is 10.1 Å². The first-order valence-electron chi connectivity index (χ1n) is 7.48. The average Bonchev–Trinajstić information content (AvgIpc) is 3.24. The van der Waals surface area contributed by atoms with Gasteiger partial charge in [0.1, 0.15) is 0 Å². The van der Waals surface area contributed by atoms with Crippen molar-refractivity contribution in [3.8, 4) is 6.07 Å². The molecule has 1 amide bonds. The summed E-state index contributed by atoms with van der Waals surface area (Å²) < 4.78 is 1.93. The second-order valence-electron chi connectivity index (χ2n) is 5.66. The number of hydrogen-bond donors (Lipinski definition) is 0. The van der Waals surface area contributed by atoms with Crippen molar-refractivity contribution in [2.45, 2.75) is 12.5 Å². The third-order valence-corrected chi connectivity index (χ3v) is 4.36. The molecule has 23 heavy (non-hydrogen) atoms. The van der Waals surface area contributed by atoms with Gasteiger partial charge in [0.15, 0.2) is 5.92 Å². The molecule has 7 heteroatoms. The minimum absolute atomic E-state index is 0.246. The highest BCUT2D eigenvalue weighted by Crippen LogP contribution is 2.28. The zero-order chi connectivity index (χ0) is 15.8. The number of nitriles is 1. The SMILES string of the molecule is N#CC1C(=O)N=c2cnccc2=C1N1CC[C@@H](n2cccn2)C1. The average molecular weight is 306 g/mol.